The molecule has 1 unspecified atom stereocenters. The number of rotatable bonds is 3. The van der Waals surface area contributed by atoms with Crippen LogP contribution in [0.25, 0.3) is 0 Å². The van der Waals surface area contributed by atoms with E-state index in [9.17, 15) is 4.79 Å². The first-order valence-electron chi connectivity index (χ1n) is 7.55. The predicted molar refractivity (Wildman–Crippen MR) is 82.9 cm³/mol. The minimum atomic E-state index is 0.224. The minimum Gasteiger partial charge on any atom is -0.342 e. The molecule has 2 heterocycles. The summed E-state index contributed by atoms with van der Waals surface area (Å²) in [5.74, 6) is 0.599. The lowest BCUT2D eigenvalue weighted by Crippen LogP contribution is -2.40. The van der Waals surface area contributed by atoms with Gasteiger partial charge in [-0.3, -0.25) is 9.78 Å². The second kappa shape index (κ2) is 6.53. The van der Waals surface area contributed by atoms with Crippen LogP contribution >= 0.6 is 0 Å². The molecule has 108 valence electrons. The number of benzene rings is 1. The first-order chi connectivity index (χ1) is 10.3. The van der Waals surface area contributed by atoms with Gasteiger partial charge in [-0.1, -0.05) is 36.4 Å². The largest absolute Gasteiger partial charge is 0.342 e. The van der Waals surface area contributed by atoms with Crippen LogP contribution in [0.15, 0.2) is 54.7 Å². The molecule has 0 radical (unpaired) electrons. The third kappa shape index (κ3) is 3.48. The number of pyridine rings is 1. The van der Waals surface area contributed by atoms with Crippen molar-refractivity contribution in [3.63, 3.8) is 0 Å². The van der Waals surface area contributed by atoms with E-state index in [-0.39, 0.29) is 5.91 Å². The smallest absolute Gasteiger partial charge is 0.227 e. The van der Waals surface area contributed by atoms with Crippen molar-refractivity contribution in [1.82, 2.24) is 9.88 Å². The SMILES string of the molecule is O=C(Cc1ccccc1)N1CCCC(c2ccccn2)C1. The Morgan fingerprint density at radius 3 is 2.71 bits per heavy atom. The van der Waals surface area contributed by atoms with Crippen molar-refractivity contribution in [2.45, 2.75) is 25.2 Å². The molecular formula is C18H20N2O. The normalized spacial score (nSPS) is 18.5. The minimum absolute atomic E-state index is 0.224. The quantitative estimate of drug-likeness (QED) is 0.866. The van der Waals surface area contributed by atoms with Gasteiger partial charge in [-0.15, -0.1) is 0 Å². The van der Waals surface area contributed by atoms with Crippen LogP contribution in [0.4, 0.5) is 0 Å². The van der Waals surface area contributed by atoms with Crippen LogP contribution in [0.1, 0.15) is 30.0 Å². The highest BCUT2D eigenvalue weighted by Gasteiger charge is 2.25. The van der Waals surface area contributed by atoms with Crippen molar-refractivity contribution >= 4 is 5.91 Å². The van der Waals surface area contributed by atoms with Crippen LogP contribution < -0.4 is 0 Å². The Hall–Kier alpha value is -2.16. The van der Waals surface area contributed by atoms with E-state index in [1.54, 1.807) is 0 Å². The van der Waals surface area contributed by atoms with Crippen LogP contribution in [-0.2, 0) is 11.2 Å². The van der Waals surface area contributed by atoms with Crippen molar-refractivity contribution in [3.8, 4) is 0 Å². The molecule has 21 heavy (non-hydrogen) atoms. The van der Waals surface area contributed by atoms with Crippen LogP contribution in [-0.4, -0.2) is 28.9 Å². The maximum Gasteiger partial charge on any atom is 0.227 e. The summed E-state index contributed by atoms with van der Waals surface area (Å²) >= 11 is 0. The second-order valence-corrected chi connectivity index (χ2v) is 5.60. The summed E-state index contributed by atoms with van der Waals surface area (Å²) in [4.78, 5) is 18.9. The van der Waals surface area contributed by atoms with Crippen LogP contribution in [0.2, 0.25) is 0 Å². The molecule has 1 aliphatic rings. The van der Waals surface area contributed by atoms with E-state index in [2.05, 4.69) is 11.1 Å². The Balaban J connectivity index is 1.64. The van der Waals surface area contributed by atoms with Crippen molar-refractivity contribution in [3.05, 3.63) is 66.0 Å². The first-order valence-corrected chi connectivity index (χ1v) is 7.55. The van der Waals surface area contributed by atoms with Gasteiger partial charge in [0.15, 0.2) is 0 Å². The lowest BCUT2D eigenvalue weighted by atomic mass is 9.94. The number of hydrogen-bond donors (Lipinski definition) is 0. The van der Waals surface area contributed by atoms with Crippen molar-refractivity contribution in [2.75, 3.05) is 13.1 Å². The van der Waals surface area contributed by atoms with Crippen LogP contribution in [0.5, 0.6) is 0 Å². The van der Waals surface area contributed by atoms with Crippen molar-refractivity contribution in [2.24, 2.45) is 0 Å². The fraction of sp³-hybridized carbons (Fsp3) is 0.333. The molecule has 0 saturated carbocycles. The van der Waals surface area contributed by atoms with Gasteiger partial charge >= 0.3 is 0 Å². The van der Waals surface area contributed by atoms with Crippen molar-refractivity contribution in [1.29, 1.82) is 0 Å². The molecule has 3 rings (SSSR count). The molecule has 1 amide bonds. The molecule has 0 spiro atoms. The Morgan fingerprint density at radius 1 is 1.14 bits per heavy atom. The third-order valence-electron chi connectivity index (χ3n) is 4.08. The zero-order valence-electron chi connectivity index (χ0n) is 12.1. The van der Waals surface area contributed by atoms with Gasteiger partial charge in [-0.05, 0) is 30.5 Å². The van der Waals surface area contributed by atoms with E-state index >= 15 is 0 Å². The standard InChI is InChI=1S/C18H20N2O/c21-18(13-15-7-2-1-3-8-15)20-12-6-9-16(14-20)17-10-4-5-11-19-17/h1-5,7-8,10-11,16H,6,9,12-14H2. The lowest BCUT2D eigenvalue weighted by Gasteiger charge is -2.32. The maximum absolute atomic E-state index is 12.4. The summed E-state index contributed by atoms with van der Waals surface area (Å²) in [6.45, 7) is 1.66. The highest BCUT2D eigenvalue weighted by atomic mass is 16.2. The van der Waals surface area contributed by atoms with E-state index < -0.39 is 0 Å². The lowest BCUT2D eigenvalue weighted by molar-refractivity contribution is -0.131. The van der Waals surface area contributed by atoms with Crippen LogP contribution in [0.3, 0.4) is 0 Å². The molecule has 3 heteroatoms. The summed E-state index contributed by atoms with van der Waals surface area (Å²) in [5, 5.41) is 0. The molecule has 1 atom stereocenters. The molecule has 3 nitrogen and oxygen atoms in total. The number of piperidine rings is 1. The fourth-order valence-corrected chi connectivity index (χ4v) is 2.94. The van der Waals surface area contributed by atoms with E-state index in [0.717, 1.165) is 37.2 Å². The molecule has 1 fully saturated rings. The Bertz CT molecular complexity index is 583. The number of aromatic nitrogens is 1. The number of carbonyl (C=O) groups excluding carboxylic acids is 1. The molecule has 1 aromatic carbocycles. The monoisotopic (exact) mass is 280 g/mol. The van der Waals surface area contributed by atoms with E-state index in [1.807, 2.05) is 53.6 Å². The third-order valence-corrected chi connectivity index (χ3v) is 4.08. The number of nitrogens with zero attached hydrogens (tertiary/aromatic N) is 2. The number of likely N-dealkylation sites (tertiary alicyclic amines) is 1. The molecule has 0 bridgehead atoms. The Labute approximate surface area is 125 Å². The molecule has 1 aliphatic heterocycles. The van der Waals surface area contributed by atoms with Gasteiger partial charge in [0, 0.05) is 30.9 Å². The Kier molecular flexibility index (Phi) is 4.29. The molecular weight excluding hydrogens is 260 g/mol. The van der Waals surface area contributed by atoms with Gasteiger partial charge in [0.2, 0.25) is 5.91 Å². The zero-order chi connectivity index (χ0) is 14.5. The first kappa shape index (κ1) is 13.8. The van der Waals surface area contributed by atoms with E-state index in [1.165, 1.54) is 0 Å². The van der Waals surface area contributed by atoms with Gasteiger partial charge in [0.25, 0.3) is 0 Å². The maximum atomic E-state index is 12.4. The zero-order valence-corrected chi connectivity index (χ0v) is 12.1. The van der Waals surface area contributed by atoms with E-state index in [4.69, 9.17) is 0 Å². The highest BCUT2D eigenvalue weighted by Crippen LogP contribution is 2.25. The topological polar surface area (TPSA) is 33.2 Å². The Morgan fingerprint density at radius 2 is 1.95 bits per heavy atom. The average Bonchev–Trinajstić information content (AvgIpc) is 2.57. The number of hydrogen-bond acceptors (Lipinski definition) is 2. The highest BCUT2D eigenvalue weighted by molar-refractivity contribution is 5.78. The average molecular weight is 280 g/mol. The summed E-state index contributed by atoms with van der Waals surface area (Å²) in [5.41, 5.74) is 2.19. The van der Waals surface area contributed by atoms with Gasteiger partial charge < -0.3 is 4.90 Å². The fourth-order valence-electron chi connectivity index (χ4n) is 2.94. The molecule has 1 saturated heterocycles. The molecule has 0 N–H and O–H groups in total. The van der Waals surface area contributed by atoms with Gasteiger partial charge in [0.1, 0.15) is 0 Å². The molecule has 1 aromatic heterocycles. The summed E-state index contributed by atoms with van der Waals surface area (Å²) in [6, 6.07) is 16.0. The predicted octanol–water partition coefficient (Wildman–Crippen LogP) is 3.03. The second-order valence-electron chi connectivity index (χ2n) is 5.60. The van der Waals surface area contributed by atoms with Gasteiger partial charge in [0.05, 0.1) is 6.42 Å². The molecule has 2 aromatic rings. The summed E-state index contributed by atoms with van der Waals surface area (Å²) in [6.07, 6.45) is 4.50. The van der Waals surface area contributed by atoms with Gasteiger partial charge in [-0.2, -0.15) is 0 Å². The summed E-state index contributed by atoms with van der Waals surface area (Å²) in [7, 11) is 0. The number of amides is 1. The van der Waals surface area contributed by atoms with Gasteiger partial charge in [-0.25, -0.2) is 0 Å². The summed E-state index contributed by atoms with van der Waals surface area (Å²) < 4.78 is 0. The van der Waals surface area contributed by atoms with Crippen LogP contribution in [0, 0.1) is 0 Å². The van der Waals surface area contributed by atoms with Crippen molar-refractivity contribution < 1.29 is 4.79 Å². The molecule has 0 aliphatic carbocycles. The van der Waals surface area contributed by atoms with E-state index in [0.29, 0.717) is 12.3 Å². The number of carbonyl (C=O) groups is 1.